The summed E-state index contributed by atoms with van der Waals surface area (Å²) < 4.78 is 47.7. The van der Waals surface area contributed by atoms with Gasteiger partial charge in [0.1, 0.15) is 24.6 Å². The van der Waals surface area contributed by atoms with Crippen molar-refractivity contribution in [2.75, 3.05) is 6.61 Å². The van der Waals surface area contributed by atoms with Gasteiger partial charge in [-0.1, -0.05) is 6.58 Å². The minimum atomic E-state index is -5.73. The van der Waals surface area contributed by atoms with E-state index in [4.69, 9.17) is 16.4 Å². The van der Waals surface area contributed by atoms with Gasteiger partial charge in [0.15, 0.2) is 5.65 Å². The SMILES string of the molecule is [C-]#[N+][C@]1(COP(=O)(O)OP(=O)(O)OP(=O)(O)O)C(=C)[C@@H](n2cnc3c(C)ncnc32)C[C@@H]1O. The van der Waals surface area contributed by atoms with Crippen LogP contribution in [-0.2, 0) is 26.8 Å². The van der Waals surface area contributed by atoms with Crippen LogP contribution in [0.2, 0.25) is 0 Å². The number of aromatic nitrogens is 4. The molecule has 2 heterocycles. The van der Waals surface area contributed by atoms with E-state index in [0.29, 0.717) is 16.9 Å². The molecule has 0 amide bonds. The van der Waals surface area contributed by atoms with Crippen LogP contribution in [0.4, 0.5) is 0 Å². The smallest absolute Gasteiger partial charge is 0.384 e. The average molecular weight is 525 g/mol. The molecule has 0 aromatic carbocycles. The van der Waals surface area contributed by atoms with Crippen molar-refractivity contribution < 1.29 is 51.5 Å². The van der Waals surface area contributed by atoms with E-state index >= 15 is 0 Å². The number of aryl methyl sites for hydroxylation is 1. The number of aliphatic hydroxyl groups excluding tert-OH is 1. The van der Waals surface area contributed by atoms with Crippen LogP contribution in [0.5, 0.6) is 0 Å². The third kappa shape index (κ3) is 5.30. The molecule has 2 aromatic rings. The molecule has 2 unspecified atom stereocenters. The van der Waals surface area contributed by atoms with Crippen LogP contribution in [0.15, 0.2) is 24.8 Å². The Morgan fingerprint density at radius 3 is 2.48 bits per heavy atom. The molecule has 33 heavy (non-hydrogen) atoms. The highest BCUT2D eigenvalue weighted by atomic mass is 31.3. The fourth-order valence-electron chi connectivity index (χ4n) is 3.38. The van der Waals surface area contributed by atoms with E-state index in [-0.39, 0.29) is 12.0 Å². The van der Waals surface area contributed by atoms with Gasteiger partial charge in [0.05, 0.1) is 18.1 Å². The minimum Gasteiger partial charge on any atom is -0.384 e. The van der Waals surface area contributed by atoms with Gasteiger partial charge in [0.25, 0.3) is 0 Å². The summed E-state index contributed by atoms with van der Waals surface area (Å²) in [6.45, 7) is 12.1. The summed E-state index contributed by atoms with van der Waals surface area (Å²) in [4.78, 5) is 51.8. The van der Waals surface area contributed by atoms with Crippen LogP contribution >= 0.6 is 23.5 Å². The molecule has 5 N–H and O–H groups in total. The predicted octanol–water partition coefficient (Wildman–Crippen LogP) is 0.998. The first-order valence-corrected chi connectivity index (χ1v) is 13.3. The molecule has 180 valence electrons. The number of imidazole rings is 1. The fraction of sp³-hybridized carbons (Fsp3) is 0.429. The highest BCUT2D eigenvalue weighted by Gasteiger charge is 2.59. The van der Waals surface area contributed by atoms with E-state index in [0.717, 1.165) is 0 Å². The Labute approximate surface area is 185 Å². The zero-order valence-electron chi connectivity index (χ0n) is 16.7. The van der Waals surface area contributed by atoms with Gasteiger partial charge in [-0.2, -0.15) is 8.62 Å². The Bertz CT molecular complexity index is 1290. The van der Waals surface area contributed by atoms with Gasteiger partial charge in [-0.05, 0) is 6.92 Å². The maximum atomic E-state index is 12.1. The molecule has 1 saturated carbocycles. The molecular weight excluding hydrogens is 507 g/mol. The molecule has 3 rings (SSSR count). The van der Waals surface area contributed by atoms with Crippen molar-refractivity contribution in [3.05, 3.63) is 41.9 Å². The number of aliphatic hydroxyl groups is 1. The zero-order chi connectivity index (χ0) is 24.8. The van der Waals surface area contributed by atoms with Crippen LogP contribution in [0.3, 0.4) is 0 Å². The number of fused-ring (bicyclic) bond motifs is 1. The van der Waals surface area contributed by atoms with E-state index in [9.17, 15) is 28.6 Å². The van der Waals surface area contributed by atoms with E-state index in [1.54, 1.807) is 11.5 Å². The lowest BCUT2D eigenvalue weighted by Crippen LogP contribution is -2.40. The monoisotopic (exact) mass is 525 g/mol. The number of rotatable bonds is 8. The van der Waals surface area contributed by atoms with Gasteiger partial charge < -0.3 is 29.2 Å². The lowest BCUT2D eigenvalue weighted by Gasteiger charge is -2.23. The van der Waals surface area contributed by atoms with Crippen molar-refractivity contribution in [3.8, 4) is 0 Å². The Hall–Kier alpha value is -1.85. The highest BCUT2D eigenvalue weighted by Crippen LogP contribution is 2.66. The number of hydrogen-bond donors (Lipinski definition) is 5. The topological polar surface area (TPSA) is 228 Å². The number of nitrogens with zero attached hydrogens (tertiary/aromatic N) is 5. The van der Waals surface area contributed by atoms with Crippen molar-refractivity contribution in [3.63, 3.8) is 0 Å². The van der Waals surface area contributed by atoms with E-state index < -0.39 is 47.8 Å². The number of hydrogen-bond acceptors (Lipinski definition) is 10. The molecule has 2 aromatic heterocycles. The van der Waals surface area contributed by atoms with Crippen LogP contribution in [-0.4, -0.2) is 62.4 Å². The Morgan fingerprint density at radius 1 is 1.21 bits per heavy atom. The molecule has 1 fully saturated rings. The Morgan fingerprint density at radius 2 is 1.88 bits per heavy atom. The van der Waals surface area contributed by atoms with Gasteiger partial charge in [-0.15, -0.1) is 0 Å². The second-order valence-electron chi connectivity index (χ2n) is 6.98. The van der Waals surface area contributed by atoms with Gasteiger partial charge in [0, 0.05) is 12.0 Å². The van der Waals surface area contributed by atoms with Gasteiger partial charge in [-0.25, -0.2) is 35.2 Å². The highest BCUT2D eigenvalue weighted by molar-refractivity contribution is 7.66. The van der Waals surface area contributed by atoms with Gasteiger partial charge in [-0.3, -0.25) is 9.37 Å². The summed E-state index contributed by atoms with van der Waals surface area (Å²) in [5.41, 5.74) is -0.441. The number of phosphoric acid groups is 3. The zero-order valence-corrected chi connectivity index (χ0v) is 19.4. The first kappa shape index (κ1) is 25.8. The molecule has 19 heteroatoms. The first-order valence-electron chi connectivity index (χ1n) is 8.79. The molecule has 0 spiro atoms. The first-order chi connectivity index (χ1) is 15.1. The Balaban J connectivity index is 1.83. The lowest BCUT2D eigenvalue weighted by molar-refractivity contribution is 0.0912. The summed E-state index contributed by atoms with van der Waals surface area (Å²) in [6.07, 6.45) is 1.19. The van der Waals surface area contributed by atoms with Crippen LogP contribution in [0.25, 0.3) is 16.0 Å². The molecule has 0 radical (unpaired) electrons. The molecule has 16 nitrogen and oxygen atoms in total. The van der Waals surface area contributed by atoms with E-state index in [2.05, 4.69) is 39.5 Å². The molecular formula is C14H18N5O11P3. The summed E-state index contributed by atoms with van der Waals surface area (Å²) in [5.74, 6) is 0. The average Bonchev–Trinajstić information content (AvgIpc) is 3.18. The second-order valence-corrected chi connectivity index (χ2v) is 11.4. The van der Waals surface area contributed by atoms with Crippen molar-refractivity contribution in [1.82, 2.24) is 19.5 Å². The maximum Gasteiger partial charge on any atom is 0.490 e. The minimum absolute atomic E-state index is 0.0687. The molecule has 1 aliphatic carbocycles. The van der Waals surface area contributed by atoms with Crippen molar-refractivity contribution in [1.29, 1.82) is 0 Å². The molecule has 5 atom stereocenters. The summed E-state index contributed by atoms with van der Waals surface area (Å²) in [7, 11) is -16.8. The van der Waals surface area contributed by atoms with E-state index in [1.165, 1.54) is 12.7 Å². The van der Waals surface area contributed by atoms with Crippen molar-refractivity contribution in [2.24, 2.45) is 0 Å². The third-order valence-corrected chi connectivity index (χ3v) is 8.68. The largest absolute Gasteiger partial charge is 0.490 e. The molecule has 0 aliphatic heterocycles. The summed E-state index contributed by atoms with van der Waals surface area (Å²) in [6, 6.07) is -0.724. The van der Waals surface area contributed by atoms with Gasteiger partial charge in [0.2, 0.25) is 0 Å². The van der Waals surface area contributed by atoms with Gasteiger partial charge >= 0.3 is 29.0 Å². The number of phosphoric ester groups is 1. The van der Waals surface area contributed by atoms with Crippen LogP contribution < -0.4 is 0 Å². The Kier molecular flexibility index (Phi) is 6.82. The predicted molar refractivity (Wildman–Crippen MR) is 108 cm³/mol. The lowest BCUT2D eigenvalue weighted by atomic mass is 9.93. The molecule has 0 saturated heterocycles. The second kappa shape index (κ2) is 8.74. The molecule has 1 aliphatic rings. The third-order valence-electron chi connectivity index (χ3n) is 4.90. The summed E-state index contributed by atoms with van der Waals surface area (Å²) >= 11 is 0. The van der Waals surface area contributed by atoms with Crippen molar-refractivity contribution >= 4 is 34.6 Å². The van der Waals surface area contributed by atoms with E-state index in [1.807, 2.05) is 0 Å². The fourth-order valence-corrected chi connectivity index (χ4v) is 6.44. The quantitative estimate of drug-likeness (QED) is 0.184. The maximum absolute atomic E-state index is 12.1. The normalized spacial score (nSPS) is 27.2. The standard InChI is InChI=1S/C14H18N5O11P3/c1-8-10(19-7-18-12-9(2)16-6-17-13(12)19)4-11(20)14(8,15-3)5-28-32(24,25)30-33(26,27)29-31(21,22)23/h6-7,10-11,20H,1,4-5H2,2H3,(H,24,25)(H,26,27)(H2,21,22,23)/t10-,11-,14+/m0/s1. The van der Waals surface area contributed by atoms with Crippen LogP contribution in [0, 0.1) is 13.5 Å². The molecule has 0 bridgehead atoms. The van der Waals surface area contributed by atoms with Crippen LogP contribution in [0.1, 0.15) is 18.2 Å². The van der Waals surface area contributed by atoms with Crippen molar-refractivity contribution in [2.45, 2.75) is 31.0 Å². The summed E-state index contributed by atoms with van der Waals surface area (Å²) in [5, 5.41) is 10.6.